The molecule has 0 unspecified atom stereocenters. The third-order valence-electron chi connectivity index (χ3n) is 1.97. The van der Waals surface area contributed by atoms with Gasteiger partial charge in [0.15, 0.2) is 5.84 Å². The zero-order valence-electron chi connectivity index (χ0n) is 8.78. The average Bonchev–Trinajstić information content (AvgIpc) is 2.49. The van der Waals surface area contributed by atoms with Crippen LogP contribution < -0.4 is 5.43 Å². The molecule has 0 amide bonds. The second-order valence-corrected chi connectivity index (χ2v) is 7.55. The van der Waals surface area contributed by atoms with Crippen molar-refractivity contribution < 1.29 is 0 Å². The summed E-state index contributed by atoms with van der Waals surface area (Å²) >= 11 is 29.3. The molecule has 0 bridgehead atoms. The maximum absolute atomic E-state index is 6.05. The fourth-order valence-corrected chi connectivity index (χ4v) is 1.91. The molecule has 0 fully saturated rings. The predicted octanol–water partition coefficient (Wildman–Crippen LogP) is 3.36. The molecule has 0 radical (unpaired) electrons. The van der Waals surface area contributed by atoms with E-state index in [1.54, 1.807) is 0 Å². The van der Waals surface area contributed by atoms with Gasteiger partial charge in [-0.2, -0.15) is 5.10 Å². The minimum Gasteiger partial charge on any atom is -0.337 e. The highest BCUT2D eigenvalue weighted by atomic mass is 35.6. The van der Waals surface area contributed by atoms with E-state index in [1.165, 1.54) is 0 Å². The summed E-state index contributed by atoms with van der Waals surface area (Å²) in [7, 11) is 0. The van der Waals surface area contributed by atoms with Gasteiger partial charge in [-0.25, -0.2) is 0 Å². The Hall–Kier alpha value is 0.720. The molecule has 1 N–H and O–H groups in total. The molecule has 0 aliphatic carbocycles. The summed E-state index contributed by atoms with van der Waals surface area (Å²) in [5.41, 5.74) is 2.78. The first-order chi connectivity index (χ1) is 7.16. The lowest BCUT2D eigenvalue weighted by Crippen LogP contribution is -2.48. The van der Waals surface area contributed by atoms with Crippen molar-refractivity contribution in [3.63, 3.8) is 0 Å². The van der Waals surface area contributed by atoms with Gasteiger partial charge >= 0.3 is 0 Å². The zero-order valence-corrected chi connectivity index (χ0v) is 12.6. The number of amidine groups is 1. The van der Waals surface area contributed by atoms with Crippen molar-refractivity contribution in [2.45, 2.75) is 22.0 Å². The summed E-state index contributed by atoms with van der Waals surface area (Å²) in [6.07, 6.45) is 0. The standard InChI is InChI=1S/C8H12Cl5N3/c1-5(2)3-16-4-14-15-6(16)7(9,10)8(11,12)13/h5,14H,3-4H2,1-2H3. The first-order valence-electron chi connectivity index (χ1n) is 4.66. The second-order valence-electron chi connectivity index (χ2n) is 3.94. The van der Waals surface area contributed by atoms with E-state index < -0.39 is 8.13 Å². The van der Waals surface area contributed by atoms with E-state index in [0.29, 0.717) is 18.4 Å². The molecule has 1 heterocycles. The van der Waals surface area contributed by atoms with Crippen LogP contribution in [0.5, 0.6) is 0 Å². The van der Waals surface area contributed by atoms with Crippen LogP contribution in [0.3, 0.4) is 0 Å². The molecule has 8 heteroatoms. The van der Waals surface area contributed by atoms with E-state index >= 15 is 0 Å². The number of halogens is 5. The van der Waals surface area contributed by atoms with Gasteiger partial charge < -0.3 is 4.90 Å². The summed E-state index contributed by atoms with van der Waals surface area (Å²) in [6.45, 7) is 5.37. The van der Waals surface area contributed by atoms with Gasteiger partial charge in [0, 0.05) is 6.54 Å². The number of hydrazone groups is 1. The van der Waals surface area contributed by atoms with Gasteiger partial charge in [-0.15, -0.1) is 0 Å². The molecule has 0 atom stereocenters. The maximum Gasteiger partial charge on any atom is 0.230 e. The molecule has 0 spiro atoms. The van der Waals surface area contributed by atoms with Gasteiger partial charge in [0.25, 0.3) is 0 Å². The largest absolute Gasteiger partial charge is 0.337 e. The Balaban J connectivity index is 2.87. The van der Waals surface area contributed by atoms with Gasteiger partial charge in [-0.1, -0.05) is 71.9 Å². The van der Waals surface area contributed by atoms with Crippen LogP contribution >= 0.6 is 58.0 Å². The van der Waals surface area contributed by atoms with Crippen LogP contribution in [-0.2, 0) is 0 Å². The van der Waals surface area contributed by atoms with Gasteiger partial charge in [0.2, 0.25) is 8.13 Å². The van der Waals surface area contributed by atoms with Crippen molar-refractivity contribution in [2.75, 3.05) is 13.2 Å². The number of nitrogens with one attached hydrogen (secondary N) is 1. The van der Waals surface area contributed by atoms with Crippen LogP contribution in [0.25, 0.3) is 0 Å². The Morgan fingerprint density at radius 3 is 2.31 bits per heavy atom. The van der Waals surface area contributed by atoms with Crippen LogP contribution in [0.4, 0.5) is 0 Å². The van der Waals surface area contributed by atoms with E-state index in [-0.39, 0.29) is 0 Å². The number of nitrogens with zero attached hydrogens (tertiary/aromatic N) is 2. The Labute approximate surface area is 120 Å². The summed E-state index contributed by atoms with van der Waals surface area (Å²) in [4.78, 5) is 1.85. The average molecular weight is 327 g/mol. The van der Waals surface area contributed by atoms with Crippen molar-refractivity contribution >= 4 is 63.8 Å². The lowest BCUT2D eigenvalue weighted by atomic mass is 10.2. The van der Waals surface area contributed by atoms with Crippen LogP contribution in [0.15, 0.2) is 5.10 Å². The molecule has 3 nitrogen and oxygen atoms in total. The molecule has 16 heavy (non-hydrogen) atoms. The number of hydrogen-bond acceptors (Lipinski definition) is 3. The fraction of sp³-hybridized carbons (Fsp3) is 0.875. The van der Waals surface area contributed by atoms with Gasteiger partial charge in [-0.3, -0.25) is 5.43 Å². The molecule has 94 valence electrons. The van der Waals surface area contributed by atoms with Crippen LogP contribution in [0.1, 0.15) is 13.8 Å². The van der Waals surface area contributed by atoms with E-state index in [2.05, 4.69) is 24.4 Å². The Kier molecular flexibility index (Phi) is 4.76. The topological polar surface area (TPSA) is 27.6 Å². The molecule has 0 aromatic carbocycles. The Bertz CT molecular complexity index is 284. The van der Waals surface area contributed by atoms with Crippen molar-refractivity contribution in [1.29, 1.82) is 0 Å². The van der Waals surface area contributed by atoms with E-state index in [0.717, 1.165) is 6.54 Å². The highest BCUT2D eigenvalue weighted by molar-refractivity contribution is 6.79. The van der Waals surface area contributed by atoms with Crippen molar-refractivity contribution in [1.82, 2.24) is 10.3 Å². The smallest absolute Gasteiger partial charge is 0.230 e. The first kappa shape index (κ1) is 14.8. The highest BCUT2D eigenvalue weighted by Gasteiger charge is 2.53. The monoisotopic (exact) mass is 325 g/mol. The van der Waals surface area contributed by atoms with E-state index in [4.69, 9.17) is 58.0 Å². The molecule has 0 aromatic heterocycles. The minimum atomic E-state index is -1.84. The minimum absolute atomic E-state index is 0.338. The summed E-state index contributed by atoms with van der Waals surface area (Å²) in [5.74, 6) is 0.758. The molecular formula is C8H12Cl5N3. The van der Waals surface area contributed by atoms with Crippen molar-refractivity contribution in [2.24, 2.45) is 11.0 Å². The number of hydrogen-bond donors (Lipinski definition) is 1. The third-order valence-corrected chi connectivity index (χ3v) is 4.30. The number of alkyl halides is 5. The molecule has 0 saturated carbocycles. The Morgan fingerprint density at radius 2 is 1.88 bits per heavy atom. The van der Waals surface area contributed by atoms with Crippen LogP contribution in [-0.4, -0.2) is 32.1 Å². The van der Waals surface area contributed by atoms with Crippen LogP contribution in [0.2, 0.25) is 0 Å². The van der Waals surface area contributed by atoms with E-state index in [9.17, 15) is 0 Å². The zero-order chi connectivity index (χ0) is 12.6. The second kappa shape index (κ2) is 5.15. The fourth-order valence-electron chi connectivity index (χ4n) is 1.33. The SMILES string of the molecule is CC(C)CN1CNN=C1C(Cl)(Cl)C(Cl)(Cl)Cl. The van der Waals surface area contributed by atoms with E-state index in [1.807, 2.05) is 4.90 Å². The quantitative estimate of drug-likeness (QED) is 0.805. The maximum atomic E-state index is 6.05. The number of rotatable bonds is 3. The lowest BCUT2D eigenvalue weighted by Gasteiger charge is -2.32. The Morgan fingerprint density at radius 1 is 1.31 bits per heavy atom. The third kappa shape index (κ3) is 3.14. The van der Waals surface area contributed by atoms with Gasteiger partial charge in [0.1, 0.15) is 6.67 Å². The predicted molar refractivity (Wildman–Crippen MR) is 71.7 cm³/mol. The van der Waals surface area contributed by atoms with Crippen molar-refractivity contribution in [3.8, 4) is 0 Å². The molecule has 0 aromatic rings. The normalized spacial score (nSPS) is 17.8. The molecule has 1 rings (SSSR count). The molecular weight excluding hydrogens is 315 g/mol. The molecule has 0 saturated heterocycles. The van der Waals surface area contributed by atoms with Gasteiger partial charge in [0.05, 0.1) is 0 Å². The lowest BCUT2D eigenvalue weighted by molar-refractivity contribution is 0.366. The molecule has 1 aliphatic heterocycles. The van der Waals surface area contributed by atoms with Gasteiger partial charge in [-0.05, 0) is 5.92 Å². The van der Waals surface area contributed by atoms with Crippen LogP contribution in [0, 0.1) is 5.92 Å². The molecule has 1 aliphatic rings. The highest BCUT2D eigenvalue weighted by Crippen LogP contribution is 2.47. The van der Waals surface area contributed by atoms with Crippen molar-refractivity contribution in [3.05, 3.63) is 0 Å². The summed E-state index contributed by atoms with van der Waals surface area (Å²) < 4.78 is -3.51. The summed E-state index contributed by atoms with van der Waals surface area (Å²) in [6, 6.07) is 0. The first-order valence-corrected chi connectivity index (χ1v) is 6.55. The summed E-state index contributed by atoms with van der Waals surface area (Å²) in [5, 5.41) is 3.98.